The quantitative estimate of drug-likeness (QED) is 0.762. The van der Waals surface area contributed by atoms with E-state index in [0.717, 1.165) is 36.3 Å². The maximum absolute atomic E-state index is 11.7. The number of nitrogens with two attached hydrogens (primary N) is 1. The maximum Gasteiger partial charge on any atom is 0.322 e. The van der Waals surface area contributed by atoms with Crippen molar-refractivity contribution >= 4 is 23.6 Å². The Kier molecular flexibility index (Phi) is 4.23. The number of piperidine rings is 1. The van der Waals surface area contributed by atoms with Gasteiger partial charge in [-0.15, -0.1) is 0 Å². The van der Waals surface area contributed by atoms with Crippen LogP contribution in [0.25, 0.3) is 5.65 Å². The van der Waals surface area contributed by atoms with Gasteiger partial charge in [0.05, 0.1) is 19.0 Å². The van der Waals surface area contributed by atoms with Crippen LogP contribution in [0.1, 0.15) is 35.9 Å². The molecule has 0 radical (unpaired) electrons. The van der Waals surface area contributed by atoms with Gasteiger partial charge >= 0.3 is 5.97 Å². The fourth-order valence-electron chi connectivity index (χ4n) is 3.70. The molecule has 9 nitrogen and oxygen atoms in total. The fraction of sp³-hybridized carbons (Fsp3) is 0.529. The van der Waals surface area contributed by atoms with Crippen LogP contribution in [0.2, 0.25) is 0 Å². The second-order valence-electron chi connectivity index (χ2n) is 6.91. The largest absolute Gasteiger partial charge is 0.468 e. The predicted octanol–water partition coefficient (Wildman–Crippen LogP) is 0.335. The van der Waals surface area contributed by atoms with E-state index in [2.05, 4.69) is 15.5 Å². The second-order valence-corrected chi connectivity index (χ2v) is 6.91. The molecule has 2 aliphatic rings. The molecule has 4 heterocycles. The number of nitrogen functional groups attached to an aromatic ring is 1. The Morgan fingerprint density at radius 3 is 2.92 bits per heavy atom. The van der Waals surface area contributed by atoms with Gasteiger partial charge in [0.15, 0.2) is 5.65 Å². The molecule has 2 aliphatic heterocycles. The number of nitrogens with one attached hydrogen (secondary N) is 1. The molecule has 26 heavy (non-hydrogen) atoms. The van der Waals surface area contributed by atoms with Crippen molar-refractivity contribution in [2.24, 2.45) is 5.10 Å². The third-order valence-electron chi connectivity index (χ3n) is 5.17. The summed E-state index contributed by atoms with van der Waals surface area (Å²) >= 11 is 0. The van der Waals surface area contributed by atoms with E-state index in [9.17, 15) is 4.79 Å². The maximum atomic E-state index is 11.7. The normalized spacial score (nSPS) is 25.8. The highest BCUT2D eigenvalue weighted by molar-refractivity contribution is 5.76. The topological polar surface area (TPSA) is 110 Å². The summed E-state index contributed by atoms with van der Waals surface area (Å²) < 4.78 is 6.49. The summed E-state index contributed by atoms with van der Waals surface area (Å²) in [6.45, 7) is 1.47. The number of hydrazone groups is 1. The predicted molar refractivity (Wildman–Crippen MR) is 97.0 cm³/mol. The van der Waals surface area contributed by atoms with E-state index in [1.807, 2.05) is 30.5 Å². The van der Waals surface area contributed by atoms with Gasteiger partial charge in [0.25, 0.3) is 0 Å². The summed E-state index contributed by atoms with van der Waals surface area (Å²) in [7, 11) is 3.36. The zero-order chi connectivity index (χ0) is 18.3. The minimum atomic E-state index is -0.243. The number of fused-ring (bicyclic) bond motifs is 1. The van der Waals surface area contributed by atoms with Crippen LogP contribution in [0.4, 0.5) is 5.82 Å². The number of nitrogens with zero attached hydrogens (tertiary/aromatic N) is 5. The minimum Gasteiger partial charge on any atom is -0.468 e. The molecule has 0 spiro atoms. The van der Waals surface area contributed by atoms with E-state index in [1.165, 1.54) is 7.11 Å². The molecule has 0 aromatic carbocycles. The summed E-state index contributed by atoms with van der Waals surface area (Å²) in [5.74, 6) is 0.711. The molecule has 0 saturated carbocycles. The minimum absolute atomic E-state index is 0.160. The van der Waals surface area contributed by atoms with Crippen LogP contribution in [-0.4, -0.2) is 65.1 Å². The lowest BCUT2D eigenvalue weighted by Gasteiger charge is -2.28. The third-order valence-corrected chi connectivity index (χ3v) is 5.17. The van der Waals surface area contributed by atoms with E-state index < -0.39 is 0 Å². The van der Waals surface area contributed by atoms with Crippen LogP contribution in [0.3, 0.4) is 0 Å². The Bertz CT molecular complexity index is 854. The van der Waals surface area contributed by atoms with Crippen molar-refractivity contribution in [1.82, 2.24) is 24.9 Å². The lowest BCUT2D eigenvalue weighted by molar-refractivity contribution is -0.143. The summed E-state index contributed by atoms with van der Waals surface area (Å²) in [5, 5.41) is 13.9. The molecule has 0 aliphatic carbocycles. The standard InChI is InChI=1S/C17H23N7O2/c1-23-9-11(7-20-23)12-8-21-24-15(18)5-14(22-16(12)24)10-3-4-13(19-6-10)17(25)26-2/h5,7-8,10-11,13,19H,3-4,6,9,18H2,1-2H3/t10-,11?,13-/m0/s1. The molecule has 2 aromatic rings. The first kappa shape index (κ1) is 16.8. The van der Waals surface area contributed by atoms with Crippen molar-refractivity contribution in [3.05, 3.63) is 23.5 Å². The molecule has 0 amide bonds. The number of carbonyl (C=O) groups is 1. The first-order chi connectivity index (χ1) is 12.6. The number of hydrogen-bond acceptors (Lipinski definition) is 8. The molecule has 9 heteroatoms. The van der Waals surface area contributed by atoms with E-state index in [1.54, 1.807) is 4.52 Å². The molecule has 2 aromatic heterocycles. The zero-order valence-corrected chi connectivity index (χ0v) is 14.9. The lowest BCUT2D eigenvalue weighted by atomic mass is 9.91. The number of methoxy groups -OCH3 is 1. The van der Waals surface area contributed by atoms with Crippen LogP contribution in [-0.2, 0) is 9.53 Å². The van der Waals surface area contributed by atoms with Gasteiger partial charge in [0, 0.05) is 49.8 Å². The van der Waals surface area contributed by atoms with E-state index in [0.29, 0.717) is 12.4 Å². The Hall–Kier alpha value is -2.68. The SMILES string of the molecule is COC(=O)[C@@H]1CC[C@H](c2cc(N)n3ncc(C4C=NN(C)C4)c3n2)CN1. The number of ether oxygens (including phenoxy) is 1. The smallest absolute Gasteiger partial charge is 0.322 e. The van der Waals surface area contributed by atoms with Crippen LogP contribution in [0, 0.1) is 0 Å². The van der Waals surface area contributed by atoms with E-state index in [4.69, 9.17) is 15.5 Å². The second kappa shape index (κ2) is 6.56. The molecule has 138 valence electrons. The Balaban J connectivity index is 1.61. The molecule has 4 rings (SSSR count). The summed E-state index contributed by atoms with van der Waals surface area (Å²) in [6.07, 6.45) is 5.32. The first-order valence-corrected chi connectivity index (χ1v) is 8.77. The van der Waals surface area contributed by atoms with Crippen LogP contribution in [0.5, 0.6) is 0 Å². The van der Waals surface area contributed by atoms with Gasteiger partial charge in [-0.2, -0.15) is 14.7 Å². The van der Waals surface area contributed by atoms with Gasteiger partial charge in [-0.05, 0) is 12.8 Å². The zero-order valence-electron chi connectivity index (χ0n) is 14.9. The fourth-order valence-corrected chi connectivity index (χ4v) is 3.70. The van der Waals surface area contributed by atoms with Crippen LogP contribution in [0.15, 0.2) is 17.4 Å². The van der Waals surface area contributed by atoms with Gasteiger partial charge in [0.2, 0.25) is 0 Å². The number of hydrogen-bond donors (Lipinski definition) is 2. The average Bonchev–Trinajstić information content (AvgIpc) is 3.27. The van der Waals surface area contributed by atoms with Gasteiger partial charge < -0.3 is 15.8 Å². The van der Waals surface area contributed by atoms with Crippen LogP contribution >= 0.6 is 0 Å². The van der Waals surface area contributed by atoms with Crippen molar-refractivity contribution in [3.8, 4) is 0 Å². The Labute approximate surface area is 151 Å². The molecule has 0 bridgehead atoms. The van der Waals surface area contributed by atoms with Crippen molar-refractivity contribution in [1.29, 1.82) is 0 Å². The summed E-state index contributed by atoms with van der Waals surface area (Å²) in [5.41, 5.74) is 8.96. The third kappa shape index (κ3) is 2.88. The molecular weight excluding hydrogens is 334 g/mol. The van der Waals surface area contributed by atoms with Gasteiger partial charge in [0.1, 0.15) is 11.9 Å². The molecule has 1 fully saturated rings. The van der Waals surface area contributed by atoms with E-state index in [-0.39, 0.29) is 23.8 Å². The molecule has 1 unspecified atom stereocenters. The highest BCUT2D eigenvalue weighted by Gasteiger charge is 2.29. The number of anilines is 1. The van der Waals surface area contributed by atoms with Gasteiger partial charge in [-0.25, -0.2) is 4.98 Å². The van der Waals surface area contributed by atoms with Crippen molar-refractivity contribution in [3.63, 3.8) is 0 Å². The first-order valence-electron chi connectivity index (χ1n) is 8.77. The van der Waals surface area contributed by atoms with Crippen molar-refractivity contribution < 1.29 is 9.53 Å². The summed E-state index contributed by atoms with van der Waals surface area (Å²) in [4.78, 5) is 16.5. The van der Waals surface area contributed by atoms with Crippen LogP contribution < -0.4 is 11.1 Å². The molecular formula is C17H23N7O2. The van der Waals surface area contributed by atoms with E-state index >= 15 is 0 Å². The summed E-state index contributed by atoms with van der Waals surface area (Å²) in [6, 6.07) is 1.64. The lowest BCUT2D eigenvalue weighted by Crippen LogP contribution is -2.44. The highest BCUT2D eigenvalue weighted by atomic mass is 16.5. The van der Waals surface area contributed by atoms with Gasteiger partial charge in [-0.1, -0.05) is 0 Å². The number of aromatic nitrogens is 3. The number of likely N-dealkylation sites (N-methyl/N-ethyl adjacent to an activating group) is 1. The van der Waals surface area contributed by atoms with Crippen molar-refractivity contribution in [2.75, 3.05) is 33.0 Å². The molecule has 3 atom stereocenters. The highest BCUT2D eigenvalue weighted by Crippen LogP contribution is 2.29. The van der Waals surface area contributed by atoms with Gasteiger partial charge in [-0.3, -0.25) is 9.80 Å². The number of rotatable bonds is 3. The Morgan fingerprint density at radius 2 is 2.27 bits per heavy atom. The number of esters is 1. The molecule has 1 saturated heterocycles. The van der Waals surface area contributed by atoms with Crippen molar-refractivity contribution in [2.45, 2.75) is 30.7 Å². The molecule has 3 N–H and O–H groups in total. The number of carbonyl (C=O) groups excluding carboxylic acids is 1. The Morgan fingerprint density at radius 1 is 1.42 bits per heavy atom. The monoisotopic (exact) mass is 357 g/mol. The average molecular weight is 357 g/mol.